The Morgan fingerprint density at radius 2 is 0.765 bits per heavy atom. The minimum Gasteiger partial charge on any atom is -0.479 e. The van der Waals surface area contributed by atoms with E-state index in [2.05, 4.69) is 154 Å². The SMILES string of the molecule is CC/C=C\C/C=C\C/C=C\C/C=C\C/C=C\C/C=C\CCC(=O)OC1C(OCC(COC(=O)CCCCCCCC/C=C\C/C=C\C/C=C\C/C=C\CC)OC(=O)CC/C=C\C/C=C\C/C=C\C/C=C\CC)OC(C(=O)O)C(O)C1O. The number of carbonyl (C=O) groups is 4. The van der Waals surface area contributed by atoms with Gasteiger partial charge in [-0.3, -0.25) is 14.4 Å². The van der Waals surface area contributed by atoms with Gasteiger partial charge in [-0.25, -0.2) is 4.79 Å². The first-order valence-corrected chi connectivity index (χ1v) is 30.1. The van der Waals surface area contributed by atoms with Crippen LogP contribution < -0.4 is 0 Å². The second-order valence-electron chi connectivity index (χ2n) is 19.5. The van der Waals surface area contributed by atoms with Crippen molar-refractivity contribution in [2.24, 2.45) is 0 Å². The second-order valence-corrected chi connectivity index (χ2v) is 19.5. The molecule has 6 unspecified atom stereocenters. The monoisotopic (exact) mass is 1120 g/mol. The standard InChI is InChI=1S/C69H102O12/c1-4-7-10-13-16-19-22-25-27-29-31-33-35-38-40-43-46-49-52-55-61(70)77-58-60(79-62(71)56-53-50-47-44-41-37-24-21-18-15-12-9-6-3)59-78-69-67(65(74)64(73)66(81-69)68(75)76)80-63(72)57-54-51-48-45-42-39-36-34-32-30-28-26-23-20-17-14-11-8-5-2/h7-12,16-21,25-28,31-34,37,39,41-42,47-48,50-51,60,64-67,69,73-74H,4-6,13-15,22-24,29-30,35-36,38,40,43-46,49,52-59H2,1-3H3,(H,75,76)/b10-7-,11-8-,12-9-,19-16-,20-17-,21-18-,27-25-,28-26-,33-31-,34-32-,41-37-,42-39-,50-47-,51-48-. The molecule has 1 rings (SSSR count). The van der Waals surface area contributed by atoms with E-state index in [1.165, 1.54) is 0 Å². The first kappa shape index (κ1) is 73.1. The lowest BCUT2D eigenvalue weighted by molar-refractivity contribution is -0.301. The molecule has 6 atom stereocenters. The molecule has 12 heteroatoms. The Kier molecular flexibility index (Phi) is 49.3. The van der Waals surface area contributed by atoms with Crippen molar-refractivity contribution < 1.29 is 58.2 Å². The van der Waals surface area contributed by atoms with Gasteiger partial charge in [0.05, 0.1) is 6.61 Å². The van der Waals surface area contributed by atoms with E-state index < -0.39 is 67.3 Å². The lowest BCUT2D eigenvalue weighted by Crippen LogP contribution is -2.61. The lowest BCUT2D eigenvalue weighted by Gasteiger charge is -2.40. The fraction of sp³-hybridized carbons (Fsp3) is 0.536. The van der Waals surface area contributed by atoms with Crippen molar-refractivity contribution in [1.82, 2.24) is 0 Å². The zero-order valence-electron chi connectivity index (χ0n) is 49.4. The normalized spacial score (nSPS) is 19.0. The summed E-state index contributed by atoms with van der Waals surface area (Å²) in [5.74, 6) is -3.39. The second kappa shape index (κ2) is 54.7. The van der Waals surface area contributed by atoms with E-state index in [0.29, 0.717) is 32.1 Å². The summed E-state index contributed by atoms with van der Waals surface area (Å²) < 4.78 is 28.2. The Labute approximate surface area is 487 Å². The fourth-order valence-corrected chi connectivity index (χ4v) is 7.81. The Morgan fingerprint density at radius 3 is 1.17 bits per heavy atom. The third kappa shape index (κ3) is 44.4. The highest BCUT2D eigenvalue weighted by Crippen LogP contribution is 2.26. The number of carboxylic acid groups (broad SMARTS) is 1. The first-order chi connectivity index (χ1) is 39.6. The van der Waals surface area contributed by atoms with Crippen LogP contribution in [0.2, 0.25) is 0 Å². The third-order valence-corrected chi connectivity index (χ3v) is 12.3. The molecule has 0 amide bonds. The molecule has 1 saturated heterocycles. The van der Waals surface area contributed by atoms with Gasteiger partial charge in [0, 0.05) is 19.3 Å². The van der Waals surface area contributed by atoms with Crippen molar-refractivity contribution in [2.75, 3.05) is 13.2 Å². The van der Waals surface area contributed by atoms with Crippen molar-refractivity contribution in [2.45, 2.75) is 225 Å². The zero-order valence-corrected chi connectivity index (χ0v) is 49.4. The van der Waals surface area contributed by atoms with Crippen LogP contribution in [0.5, 0.6) is 0 Å². The molecular formula is C69H102O12. The molecule has 1 aliphatic rings. The Morgan fingerprint density at radius 1 is 0.407 bits per heavy atom. The van der Waals surface area contributed by atoms with Crippen LogP contribution in [0.1, 0.15) is 188 Å². The van der Waals surface area contributed by atoms with Crippen LogP contribution >= 0.6 is 0 Å². The van der Waals surface area contributed by atoms with Crippen molar-refractivity contribution in [3.05, 3.63) is 170 Å². The van der Waals surface area contributed by atoms with Crippen LogP contribution in [0.25, 0.3) is 0 Å². The zero-order chi connectivity index (χ0) is 58.9. The van der Waals surface area contributed by atoms with E-state index >= 15 is 0 Å². The Bertz CT molecular complexity index is 2060. The molecule has 0 bridgehead atoms. The molecule has 0 aromatic rings. The maximum atomic E-state index is 13.1. The molecule has 0 radical (unpaired) electrons. The van der Waals surface area contributed by atoms with Crippen LogP contribution in [0.15, 0.2) is 170 Å². The van der Waals surface area contributed by atoms with Crippen LogP contribution in [-0.4, -0.2) is 89.2 Å². The van der Waals surface area contributed by atoms with Crippen molar-refractivity contribution in [3.8, 4) is 0 Å². The number of aliphatic hydroxyl groups excluding tert-OH is 2. The highest BCUT2D eigenvalue weighted by molar-refractivity contribution is 5.74. The van der Waals surface area contributed by atoms with Gasteiger partial charge in [-0.2, -0.15) is 0 Å². The summed E-state index contributed by atoms with van der Waals surface area (Å²) in [6.07, 6.45) is 69.2. The molecule has 12 nitrogen and oxygen atoms in total. The Hall–Kier alpha value is -5.92. The van der Waals surface area contributed by atoms with Crippen LogP contribution in [0, 0.1) is 0 Å². The molecular weight excluding hydrogens is 1020 g/mol. The van der Waals surface area contributed by atoms with Gasteiger partial charge in [0.2, 0.25) is 0 Å². The van der Waals surface area contributed by atoms with E-state index in [4.69, 9.17) is 23.7 Å². The number of aliphatic carboxylic acids is 1. The molecule has 1 aliphatic heterocycles. The third-order valence-electron chi connectivity index (χ3n) is 12.3. The average molecular weight is 1120 g/mol. The first-order valence-electron chi connectivity index (χ1n) is 30.1. The molecule has 0 saturated carbocycles. The maximum Gasteiger partial charge on any atom is 0.335 e. The molecule has 0 spiro atoms. The number of unbranched alkanes of at least 4 members (excludes halogenated alkanes) is 6. The summed E-state index contributed by atoms with van der Waals surface area (Å²) >= 11 is 0. The van der Waals surface area contributed by atoms with Gasteiger partial charge in [-0.15, -0.1) is 0 Å². The number of hydrogen-bond donors (Lipinski definition) is 3. The number of hydrogen-bond acceptors (Lipinski definition) is 11. The predicted octanol–water partition coefficient (Wildman–Crippen LogP) is 15.9. The number of carbonyl (C=O) groups excluding carboxylic acids is 3. The van der Waals surface area contributed by atoms with E-state index in [-0.39, 0.29) is 25.9 Å². The summed E-state index contributed by atoms with van der Waals surface area (Å²) in [7, 11) is 0. The number of rotatable bonds is 48. The summed E-state index contributed by atoms with van der Waals surface area (Å²) in [4.78, 5) is 51.1. The fourth-order valence-electron chi connectivity index (χ4n) is 7.81. The summed E-state index contributed by atoms with van der Waals surface area (Å²) in [5.41, 5.74) is 0. The molecule has 0 aliphatic carbocycles. The summed E-state index contributed by atoms with van der Waals surface area (Å²) in [5, 5.41) is 31.5. The van der Waals surface area contributed by atoms with E-state index in [9.17, 15) is 34.5 Å². The van der Waals surface area contributed by atoms with Gasteiger partial charge in [-0.05, 0) is 122 Å². The van der Waals surface area contributed by atoms with Crippen molar-refractivity contribution >= 4 is 23.9 Å². The van der Waals surface area contributed by atoms with Crippen molar-refractivity contribution in [1.29, 1.82) is 0 Å². The highest BCUT2D eigenvalue weighted by Gasteiger charge is 2.50. The minimum absolute atomic E-state index is 0.0189. The molecule has 1 heterocycles. The van der Waals surface area contributed by atoms with Crippen LogP contribution in [-0.2, 0) is 42.9 Å². The van der Waals surface area contributed by atoms with Crippen LogP contribution in [0.4, 0.5) is 0 Å². The van der Waals surface area contributed by atoms with E-state index in [1.807, 2.05) is 36.5 Å². The molecule has 3 N–H and O–H groups in total. The molecule has 1 fully saturated rings. The molecule has 81 heavy (non-hydrogen) atoms. The van der Waals surface area contributed by atoms with Crippen molar-refractivity contribution in [3.63, 3.8) is 0 Å². The maximum absolute atomic E-state index is 13.1. The van der Waals surface area contributed by atoms with Gasteiger partial charge >= 0.3 is 23.9 Å². The number of ether oxygens (including phenoxy) is 5. The smallest absolute Gasteiger partial charge is 0.335 e. The summed E-state index contributed by atoms with van der Waals surface area (Å²) in [6.45, 7) is 5.52. The van der Waals surface area contributed by atoms with E-state index in [1.54, 1.807) is 0 Å². The Balaban J connectivity index is 2.76. The van der Waals surface area contributed by atoms with Gasteiger partial charge < -0.3 is 39.0 Å². The predicted molar refractivity (Wildman–Crippen MR) is 330 cm³/mol. The molecule has 450 valence electrons. The lowest BCUT2D eigenvalue weighted by atomic mass is 9.98. The largest absolute Gasteiger partial charge is 0.479 e. The number of aliphatic hydroxyl groups is 2. The van der Waals surface area contributed by atoms with E-state index in [0.717, 1.165) is 116 Å². The quantitative estimate of drug-likeness (QED) is 0.0228. The molecule has 0 aromatic heterocycles. The highest BCUT2D eigenvalue weighted by atomic mass is 16.7. The number of allylic oxidation sites excluding steroid dienone is 28. The number of esters is 3. The molecule has 0 aromatic carbocycles. The average Bonchev–Trinajstić information content (AvgIpc) is 3.54. The number of carboxylic acids is 1. The topological polar surface area (TPSA) is 175 Å². The van der Waals surface area contributed by atoms with Gasteiger partial charge in [-0.1, -0.05) is 217 Å². The van der Waals surface area contributed by atoms with Gasteiger partial charge in [0.25, 0.3) is 0 Å². The van der Waals surface area contributed by atoms with Crippen LogP contribution in [0.3, 0.4) is 0 Å². The summed E-state index contributed by atoms with van der Waals surface area (Å²) in [6, 6.07) is 0. The van der Waals surface area contributed by atoms with Gasteiger partial charge in [0.15, 0.2) is 24.6 Å². The van der Waals surface area contributed by atoms with Gasteiger partial charge in [0.1, 0.15) is 18.8 Å². The minimum atomic E-state index is -1.95.